The van der Waals surface area contributed by atoms with Crippen LogP contribution in [0.2, 0.25) is 0 Å². The van der Waals surface area contributed by atoms with Crippen LogP contribution in [0, 0.1) is 5.92 Å². The van der Waals surface area contributed by atoms with Crippen molar-refractivity contribution in [3.8, 4) is 0 Å². The van der Waals surface area contributed by atoms with Crippen LogP contribution in [-0.2, 0) is 13.1 Å². The summed E-state index contributed by atoms with van der Waals surface area (Å²) in [5.41, 5.74) is 8.75. The zero-order valence-corrected chi connectivity index (χ0v) is 13.1. The first-order valence-corrected chi connectivity index (χ1v) is 7.71. The van der Waals surface area contributed by atoms with E-state index < -0.39 is 0 Å². The fourth-order valence-corrected chi connectivity index (χ4v) is 2.44. The Balaban J connectivity index is 2.06. The maximum Gasteiger partial charge on any atom is 0.0237 e. The van der Waals surface area contributed by atoms with Gasteiger partial charge in [0.15, 0.2) is 0 Å². The van der Waals surface area contributed by atoms with Crippen molar-refractivity contribution in [3.63, 3.8) is 0 Å². The van der Waals surface area contributed by atoms with Crippen LogP contribution in [0.25, 0.3) is 0 Å². The van der Waals surface area contributed by atoms with Gasteiger partial charge in [-0.2, -0.15) is 0 Å². The van der Waals surface area contributed by atoms with Gasteiger partial charge in [-0.05, 0) is 24.0 Å². The average molecular weight is 282 g/mol. The molecule has 0 fully saturated rings. The van der Waals surface area contributed by atoms with E-state index in [0.717, 1.165) is 19.6 Å². The zero-order valence-electron chi connectivity index (χ0n) is 13.1. The number of benzene rings is 2. The first-order chi connectivity index (χ1) is 10.1. The Hall–Kier alpha value is -1.64. The molecule has 2 N–H and O–H groups in total. The lowest BCUT2D eigenvalue weighted by Crippen LogP contribution is -2.35. The number of hydrogen-bond acceptors (Lipinski definition) is 2. The van der Waals surface area contributed by atoms with Crippen LogP contribution >= 0.6 is 0 Å². The lowest BCUT2D eigenvalue weighted by Gasteiger charge is -2.27. The van der Waals surface area contributed by atoms with Gasteiger partial charge in [-0.25, -0.2) is 0 Å². The molecule has 112 valence electrons. The van der Waals surface area contributed by atoms with Crippen LogP contribution in [0.1, 0.15) is 25.0 Å². The summed E-state index contributed by atoms with van der Waals surface area (Å²) in [7, 11) is 0. The summed E-state index contributed by atoms with van der Waals surface area (Å²) >= 11 is 0. The van der Waals surface area contributed by atoms with Crippen LogP contribution in [0.5, 0.6) is 0 Å². The maximum absolute atomic E-state index is 6.04. The van der Waals surface area contributed by atoms with Crippen molar-refractivity contribution in [1.82, 2.24) is 4.90 Å². The summed E-state index contributed by atoms with van der Waals surface area (Å²) in [5, 5.41) is 0. The lowest BCUT2D eigenvalue weighted by molar-refractivity contribution is 0.209. The second kappa shape index (κ2) is 7.96. The van der Waals surface area contributed by atoms with Crippen LogP contribution in [0.15, 0.2) is 60.7 Å². The van der Waals surface area contributed by atoms with Crippen molar-refractivity contribution in [2.24, 2.45) is 11.7 Å². The molecule has 0 saturated heterocycles. The van der Waals surface area contributed by atoms with Crippen molar-refractivity contribution in [1.29, 1.82) is 0 Å². The molecule has 0 spiro atoms. The molecule has 2 atom stereocenters. The molecule has 2 heteroatoms. The average Bonchev–Trinajstić information content (AvgIpc) is 2.49. The van der Waals surface area contributed by atoms with E-state index in [4.69, 9.17) is 5.73 Å². The van der Waals surface area contributed by atoms with E-state index in [0.29, 0.717) is 5.92 Å². The lowest BCUT2D eigenvalue weighted by atomic mass is 10.0. The van der Waals surface area contributed by atoms with Gasteiger partial charge in [0.05, 0.1) is 0 Å². The molecule has 2 unspecified atom stereocenters. The highest BCUT2D eigenvalue weighted by atomic mass is 15.1. The molecular weight excluding hydrogens is 256 g/mol. The van der Waals surface area contributed by atoms with Gasteiger partial charge in [0.2, 0.25) is 0 Å². The highest BCUT2D eigenvalue weighted by Crippen LogP contribution is 2.13. The molecule has 0 aliphatic carbocycles. The highest BCUT2D eigenvalue weighted by molar-refractivity contribution is 5.17. The molecule has 0 amide bonds. The van der Waals surface area contributed by atoms with E-state index in [1.165, 1.54) is 11.1 Å². The summed E-state index contributed by atoms with van der Waals surface area (Å²) in [5.74, 6) is 0.484. The third-order valence-corrected chi connectivity index (χ3v) is 3.94. The largest absolute Gasteiger partial charge is 0.328 e. The second-order valence-electron chi connectivity index (χ2n) is 5.98. The molecule has 2 rings (SSSR count). The Labute approximate surface area is 128 Å². The second-order valence-corrected chi connectivity index (χ2v) is 5.98. The first-order valence-electron chi connectivity index (χ1n) is 7.71. The summed E-state index contributed by atoms with van der Waals surface area (Å²) in [6, 6.07) is 21.5. The predicted octanol–water partition coefficient (Wildman–Crippen LogP) is 3.67. The van der Waals surface area contributed by atoms with Crippen LogP contribution in [0.3, 0.4) is 0 Å². The molecule has 0 radical (unpaired) electrons. The standard InChI is InChI=1S/C19H26N2/c1-16(17(2)20)13-21(14-18-9-5-3-6-10-18)15-19-11-7-4-8-12-19/h3-12,16-17H,13-15,20H2,1-2H3. The summed E-state index contributed by atoms with van der Waals surface area (Å²) < 4.78 is 0. The minimum atomic E-state index is 0.221. The smallest absolute Gasteiger partial charge is 0.0237 e. The number of nitrogens with zero attached hydrogens (tertiary/aromatic N) is 1. The van der Waals surface area contributed by atoms with Gasteiger partial charge in [-0.15, -0.1) is 0 Å². The van der Waals surface area contributed by atoms with E-state index >= 15 is 0 Å². The first kappa shape index (κ1) is 15.7. The zero-order chi connectivity index (χ0) is 15.1. The Morgan fingerprint density at radius 2 is 1.24 bits per heavy atom. The molecule has 0 saturated carbocycles. The van der Waals surface area contributed by atoms with Crippen molar-refractivity contribution in [3.05, 3.63) is 71.8 Å². The summed E-state index contributed by atoms with van der Waals surface area (Å²) in [6.45, 7) is 7.27. The van der Waals surface area contributed by atoms with Gasteiger partial charge in [0.1, 0.15) is 0 Å². The van der Waals surface area contributed by atoms with Crippen LogP contribution < -0.4 is 5.73 Å². The highest BCUT2D eigenvalue weighted by Gasteiger charge is 2.14. The molecule has 2 aromatic carbocycles. The predicted molar refractivity (Wildman–Crippen MR) is 89.8 cm³/mol. The molecule has 0 bridgehead atoms. The number of nitrogens with two attached hydrogens (primary N) is 1. The molecule has 2 aromatic rings. The van der Waals surface area contributed by atoms with E-state index in [2.05, 4.69) is 79.4 Å². The van der Waals surface area contributed by atoms with Gasteiger partial charge >= 0.3 is 0 Å². The Kier molecular flexibility index (Phi) is 5.97. The quantitative estimate of drug-likeness (QED) is 0.839. The molecule has 21 heavy (non-hydrogen) atoms. The van der Waals surface area contributed by atoms with Crippen molar-refractivity contribution >= 4 is 0 Å². The molecular formula is C19H26N2. The molecule has 0 aromatic heterocycles. The Morgan fingerprint density at radius 1 is 0.810 bits per heavy atom. The van der Waals surface area contributed by atoms with Crippen molar-refractivity contribution < 1.29 is 0 Å². The Morgan fingerprint density at radius 3 is 1.62 bits per heavy atom. The monoisotopic (exact) mass is 282 g/mol. The van der Waals surface area contributed by atoms with Gasteiger partial charge in [-0.1, -0.05) is 67.6 Å². The normalized spacial score (nSPS) is 14.1. The summed E-state index contributed by atoms with van der Waals surface area (Å²) in [6.07, 6.45) is 0. The van der Waals surface area contributed by atoms with Gasteiger partial charge in [0, 0.05) is 25.7 Å². The Bertz CT molecular complexity index is 466. The van der Waals surface area contributed by atoms with Gasteiger partial charge < -0.3 is 5.73 Å². The molecule has 0 aliphatic rings. The fourth-order valence-electron chi connectivity index (χ4n) is 2.44. The SMILES string of the molecule is CC(N)C(C)CN(Cc1ccccc1)Cc1ccccc1. The van der Waals surface area contributed by atoms with E-state index in [1.54, 1.807) is 0 Å². The number of rotatable bonds is 7. The van der Waals surface area contributed by atoms with E-state index in [1.807, 2.05) is 0 Å². The summed E-state index contributed by atoms with van der Waals surface area (Å²) in [4.78, 5) is 2.48. The molecule has 0 heterocycles. The van der Waals surface area contributed by atoms with E-state index in [-0.39, 0.29) is 6.04 Å². The fraction of sp³-hybridized carbons (Fsp3) is 0.368. The number of hydrogen-bond donors (Lipinski definition) is 1. The minimum Gasteiger partial charge on any atom is -0.328 e. The van der Waals surface area contributed by atoms with Crippen LogP contribution in [0.4, 0.5) is 0 Å². The molecule has 2 nitrogen and oxygen atoms in total. The van der Waals surface area contributed by atoms with Crippen molar-refractivity contribution in [2.45, 2.75) is 33.0 Å². The van der Waals surface area contributed by atoms with Gasteiger partial charge in [0.25, 0.3) is 0 Å². The van der Waals surface area contributed by atoms with Crippen LogP contribution in [-0.4, -0.2) is 17.5 Å². The third kappa shape index (κ3) is 5.33. The topological polar surface area (TPSA) is 29.3 Å². The third-order valence-electron chi connectivity index (χ3n) is 3.94. The van der Waals surface area contributed by atoms with E-state index in [9.17, 15) is 0 Å². The molecule has 0 aliphatic heterocycles. The minimum absolute atomic E-state index is 0.221. The van der Waals surface area contributed by atoms with Crippen molar-refractivity contribution in [2.75, 3.05) is 6.54 Å². The maximum atomic E-state index is 6.04. The van der Waals surface area contributed by atoms with Gasteiger partial charge in [-0.3, -0.25) is 4.90 Å².